The van der Waals surface area contributed by atoms with Gasteiger partial charge in [-0.25, -0.2) is 0 Å². The van der Waals surface area contributed by atoms with Crippen molar-refractivity contribution in [2.45, 2.75) is 20.0 Å². The molecule has 0 aromatic heterocycles. The molecule has 0 spiro atoms. The highest BCUT2D eigenvalue weighted by Gasteiger charge is 2.30. The normalized spacial score (nSPS) is 10.7. The van der Waals surface area contributed by atoms with Gasteiger partial charge in [0.1, 0.15) is 12.4 Å². The Bertz CT molecular complexity index is 848. The van der Waals surface area contributed by atoms with E-state index in [2.05, 4.69) is 17.2 Å². The van der Waals surface area contributed by atoms with Crippen molar-refractivity contribution in [2.75, 3.05) is 13.2 Å². The van der Waals surface area contributed by atoms with E-state index in [0.717, 1.165) is 23.3 Å². The second kappa shape index (κ2) is 8.43. The molecular weight excluding hydrogens is 343 g/mol. The molecule has 0 saturated carbocycles. The molecule has 0 heterocycles. The molecule has 6 heteroatoms. The number of alkyl halides is 3. The average Bonchev–Trinajstić information content (AvgIpc) is 2.59. The van der Waals surface area contributed by atoms with Crippen molar-refractivity contribution in [1.82, 2.24) is 5.32 Å². The lowest BCUT2D eigenvalue weighted by atomic mass is 10.1. The van der Waals surface area contributed by atoms with Crippen molar-refractivity contribution in [3.63, 3.8) is 0 Å². The Labute approximate surface area is 150 Å². The van der Waals surface area contributed by atoms with Crippen LogP contribution in [0.15, 0.2) is 42.5 Å². The number of hydrogen-bond acceptors (Lipinski definition) is 2. The zero-order valence-corrected chi connectivity index (χ0v) is 14.4. The van der Waals surface area contributed by atoms with Crippen molar-refractivity contribution in [3.8, 4) is 17.6 Å². The summed E-state index contributed by atoms with van der Waals surface area (Å²) in [6.07, 6.45) is -4.41. The number of halogens is 3. The van der Waals surface area contributed by atoms with Crippen LogP contribution in [0.2, 0.25) is 0 Å². The van der Waals surface area contributed by atoms with E-state index < -0.39 is 11.7 Å². The molecule has 2 rings (SSSR count). The summed E-state index contributed by atoms with van der Waals surface area (Å²) in [7, 11) is 0. The van der Waals surface area contributed by atoms with Gasteiger partial charge >= 0.3 is 6.18 Å². The number of amides is 1. The van der Waals surface area contributed by atoms with Gasteiger partial charge < -0.3 is 10.1 Å². The van der Waals surface area contributed by atoms with Gasteiger partial charge in [-0.1, -0.05) is 24.0 Å². The summed E-state index contributed by atoms with van der Waals surface area (Å²) in [4.78, 5) is 12.0. The van der Waals surface area contributed by atoms with Crippen LogP contribution >= 0.6 is 0 Å². The van der Waals surface area contributed by atoms with Crippen molar-refractivity contribution in [1.29, 1.82) is 0 Å². The quantitative estimate of drug-likeness (QED) is 0.832. The van der Waals surface area contributed by atoms with Gasteiger partial charge in [0.15, 0.2) is 0 Å². The third-order valence-corrected chi connectivity index (χ3v) is 3.70. The molecule has 0 saturated heterocycles. The van der Waals surface area contributed by atoms with Gasteiger partial charge in [0.2, 0.25) is 0 Å². The van der Waals surface area contributed by atoms with Crippen LogP contribution in [-0.4, -0.2) is 19.1 Å². The SMILES string of the molecule is Cc1ccc(C(=O)NCC#CCOc2cccc(C(F)(F)F)c2)cc1C. The molecule has 0 aliphatic heterocycles. The summed E-state index contributed by atoms with van der Waals surface area (Å²) in [6.45, 7) is 3.95. The van der Waals surface area contributed by atoms with Gasteiger partial charge in [-0.2, -0.15) is 13.2 Å². The Morgan fingerprint density at radius 2 is 1.85 bits per heavy atom. The lowest BCUT2D eigenvalue weighted by molar-refractivity contribution is -0.137. The minimum atomic E-state index is -4.41. The van der Waals surface area contributed by atoms with Gasteiger partial charge in [-0.15, -0.1) is 0 Å². The van der Waals surface area contributed by atoms with E-state index in [1.54, 1.807) is 12.1 Å². The topological polar surface area (TPSA) is 38.3 Å². The molecule has 3 nitrogen and oxygen atoms in total. The average molecular weight is 361 g/mol. The van der Waals surface area contributed by atoms with E-state index >= 15 is 0 Å². The standard InChI is InChI=1S/C20H18F3NO2/c1-14-8-9-16(12-15(14)2)19(25)24-10-3-4-11-26-18-7-5-6-17(13-18)20(21,22)23/h5-9,12-13H,10-11H2,1-2H3,(H,24,25). The second-order valence-corrected chi connectivity index (χ2v) is 5.65. The van der Waals surface area contributed by atoms with Crippen molar-refractivity contribution < 1.29 is 22.7 Å². The zero-order chi connectivity index (χ0) is 19.2. The number of benzene rings is 2. The van der Waals surface area contributed by atoms with Crippen LogP contribution in [0.25, 0.3) is 0 Å². The van der Waals surface area contributed by atoms with Crippen molar-refractivity contribution in [2.24, 2.45) is 0 Å². The lowest BCUT2D eigenvalue weighted by Crippen LogP contribution is -2.23. The predicted molar refractivity (Wildman–Crippen MR) is 93.0 cm³/mol. The maximum Gasteiger partial charge on any atom is 0.416 e. The number of nitrogens with one attached hydrogen (secondary N) is 1. The first-order valence-corrected chi connectivity index (χ1v) is 7.88. The highest BCUT2D eigenvalue weighted by molar-refractivity contribution is 5.94. The van der Waals surface area contributed by atoms with Crippen molar-refractivity contribution in [3.05, 3.63) is 64.7 Å². The Morgan fingerprint density at radius 1 is 1.08 bits per heavy atom. The summed E-state index contributed by atoms with van der Waals surface area (Å²) in [5.74, 6) is 5.21. The fourth-order valence-electron chi connectivity index (χ4n) is 2.10. The number of hydrogen-bond donors (Lipinski definition) is 1. The maximum absolute atomic E-state index is 12.6. The predicted octanol–water partition coefficient (Wildman–Crippen LogP) is 4.13. The van der Waals surface area contributed by atoms with Crippen LogP contribution < -0.4 is 10.1 Å². The number of aryl methyl sites for hydroxylation is 2. The van der Waals surface area contributed by atoms with E-state index in [1.165, 1.54) is 12.1 Å². The van der Waals surface area contributed by atoms with Crippen molar-refractivity contribution >= 4 is 5.91 Å². The number of rotatable bonds is 4. The van der Waals surface area contributed by atoms with Gasteiger partial charge in [0.25, 0.3) is 5.91 Å². The molecule has 1 N–H and O–H groups in total. The van der Waals surface area contributed by atoms with E-state index in [-0.39, 0.29) is 24.8 Å². The Balaban J connectivity index is 1.80. The zero-order valence-electron chi connectivity index (χ0n) is 14.4. The molecule has 0 radical (unpaired) electrons. The molecule has 0 atom stereocenters. The Hall–Kier alpha value is -2.94. The maximum atomic E-state index is 12.6. The number of ether oxygens (including phenoxy) is 1. The van der Waals surface area contributed by atoms with E-state index in [0.29, 0.717) is 5.56 Å². The first-order chi connectivity index (χ1) is 12.3. The minimum absolute atomic E-state index is 0.0686. The molecule has 136 valence electrons. The van der Waals surface area contributed by atoms with E-state index in [9.17, 15) is 18.0 Å². The molecule has 0 fully saturated rings. The monoisotopic (exact) mass is 361 g/mol. The van der Waals surface area contributed by atoms with Gasteiger partial charge in [-0.05, 0) is 55.3 Å². The Kier molecular flexibility index (Phi) is 6.29. The first-order valence-electron chi connectivity index (χ1n) is 7.88. The van der Waals surface area contributed by atoms with Crippen LogP contribution in [-0.2, 0) is 6.18 Å². The summed E-state index contributed by atoms with van der Waals surface area (Å²) >= 11 is 0. The number of carbonyl (C=O) groups excluding carboxylic acids is 1. The Morgan fingerprint density at radius 3 is 2.54 bits per heavy atom. The highest BCUT2D eigenvalue weighted by Crippen LogP contribution is 2.31. The molecule has 2 aromatic rings. The summed E-state index contributed by atoms with van der Waals surface area (Å²) in [5, 5.41) is 2.66. The molecule has 0 aliphatic rings. The third-order valence-electron chi connectivity index (χ3n) is 3.70. The second-order valence-electron chi connectivity index (χ2n) is 5.65. The smallest absolute Gasteiger partial charge is 0.416 e. The fraction of sp³-hybridized carbons (Fsp3) is 0.250. The third kappa shape index (κ3) is 5.55. The molecular formula is C20H18F3NO2. The minimum Gasteiger partial charge on any atom is -0.481 e. The van der Waals surface area contributed by atoms with Gasteiger partial charge in [0, 0.05) is 5.56 Å². The lowest BCUT2D eigenvalue weighted by Gasteiger charge is -2.08. The van der Waals surface area contributed by atoms with Crippen LogP contribution in [0.1, 0.15) is 27.0 Å². The number of carbonyl (C=O) groups is 1. The molecule has 0 unspecified atom stereocenters. The molecule has 0 aliphatic carbocycles. The highest BCUT2D eigenvalue weighted by atomic mass is 19.4. The van der Waals surface area contributed by atoms with Crippen LogP contribution in [0, 0.1) is 25.7 Å². The molecule has 26 heavy (non-hydrogen) atoms. The van der Waals surface area contributed by atoms with Crippen LogP contribution in [0.5, 0.6) is 5.75 Å². The summed E-state index contributed by atoms with van der Waals surface area (Å²) in [6, 6.07) is 10.0. The van der Waals surface area contributed by atoms with Crippen LogP contribution in [0.3, 0.4) is 0 Å². The molecule has 2 aromatic carbocycles. The molecule has 0 bridgehead atoms. The fourth-order valence-corrected chi connectivity index (χ4v) is 2.10. The largest absolute Gasteiger partial charge is 0.481 e. The van der Waals surface area contributed by atoms with Crippen LogP contribution in [0.4, 0.5) is 13.2 Å². The van der Waals surface area contributed by atoms with Gasteiger partial charge in [-0.3, -0.25) is 4.79 Å². The summed E-state index contributed by atoms with van der Waals surface area (Å²) < 4.78 is 43.0. The molecule has 1 amide bonds. The summed E-state index contributed by atoms with van der Waals surface area (Å²) in [5.41, 5.74) is 1.91. The van der Waals surface area contributed by atoms with E-state index in [4.69, 9.17) is 4.74 Å². The van der Waals surface area contributed by atoms with Gasteiger partial charge in [0.05, 0.1) is 12.1 Å². The first kappa shape index (κ1) is 19.4. The van der Waals surface area contributed by atoms with E-state index in [1.807, 2.05) is 19.9 Å².